The molecule has 0 bridgehead atoms. The van der Waals surface area contributed by atoms with Crippen LogP contribution in [-0.4, -0.2) is 43.3 Å². The minimum absolute atomic E-state index is 0.0915. The van der Waals surface area contributed by atoms with E-state index < -0.39 is 6.04 Å². The van der Waals surface area contributed by atoms with E-state index in [1.807, 2.05) is 36.4 Å². The van der Waals surface area contributed by atoms with Gasteiger partial charge in [0, 0.05) is 5.56 Å². The number of carbonyl (C=O) groups is 2. The topological polar surface area (TPSA) is 83.4 Å². The number of azo groups is 1. The number of carbonyl (C=O) groups excluding carboxylic acids is 2. The van der Waals surface area contributed by atoms with Crippen molar-refractivity contribution in [3.8, 4) is 5.75 Å². The fourth-order valence-electron chi connectivity index (χ4n) is 4.57. The van der Waals surface area contributed by atoms with Crippen molar-refractivity contribution in [1.29, 1.82) is 0 Å². The second-order valence-corrected chi connectivity index (χ2v) is 8.09. The molecule has 7 nitrogen and oxygen atoms in total. The van der Waals surface area contributed by atoms with Gasteiger partial charge in [-0.1, -0.05) is 18.6 Å². The van der Waals surface area contributed by atoms with Gasteiger partial charge < -0.3 is 10.1 Å². The number of piperidine rings is 1. The molecule has 2 heterocycles. The fourth-order valence-corrected chi connectivity index (χ4v) is 4.57. The monoisotopic (exact) mass is 416 g/mol. The van der Waals surface area contributed by atoms with Gasteiger partial charge in [0.25, 0.3) is 0 Å². The molecule has 1 saturated heterocycles. The van der Waals surface area contributed by atoms with E-state index in [-0.39, 0.29) is 11.7 Å². The zero-order valence-corrected chi connectivity index (χ0v) is 17.4. The van der Waals surface area contributed by atoms with Gasteiger partial charge in [-0.2, -0.15) is 10.2 Å². The second kappa shape index (κ2) is 8.07. The molecule has 7 heteroatoms. The van der Waals surface area contributed by atoms with E-state index in [1.54, 1.807) is 13.2 Å². The van der Waals surface area contributed by atoms with Crippen molar-refractivity contribution in [3.05, 3.63) is 64.7 Å². The van der Waals surface area contributed by atoms with E-state index in [0.29, 0.717) is 29.1 Å². The van der Waals surface area contributed by atoms with Gasteiger partial charge in [0.05, 0.1) is 30.5 Å². The molecular weight excluding hydrogens is 392 g/mol. The molecule has 1 amide bonds. The Hall–Kier alpha value is -3.32. The molecule has 5 rings (SSSR count). The number of ketones is 1. The molecule has 31 heavy (non-hydrogen) atoms. The minimum Gasteiger partial charge on any atom is -0.497 e. The average Bonchev–Trinajstić information content (AvgIpc) is 3.35. The first kappa shape index (κ1) is 19.6. The number of hydrogen-bond donors (Lipinski definition) is 1. The smallest absolute Gasteiger partial charge is 0.238 e. The lowest BCUT2D eigenvalue weighted by molar-refractivity contribution is -0.117. The maximum atomic E-state index is 13.4. The Morgan fingerprint density at radius 1 is 1.13 bits per heavy atom. The number of amides is 1. The van der Waals surface area contributed by atoms with Gasteiger partial charge >= 0.3 is 0 Å². The molecule has 0 saturated carbocycles. The van der Waals surface area contributed by atoms with E-state index in [9.17, 15) is 9.59 Å². The molecule has 1 N–H and O–H groups in total. The first-order valence-electron chi connectivity index (χ1n) is 10.6. The van der Waals surface area contributed by atoms with E-state index in [1.165, 1.54) is 6.42 Å². The summed E-state index contributed by atoms with van der Waals surface area (Å²) in [5.41, 5.74) is 3.84. The summed E-state index contributed by atoms with van der Waals surface area (Å²) in [5.74, 6) is 0.524. The molecule has 1 fully saturated rings. The molecular formula is C24H24N4O3. The van der Waals surface area contributed by atoms with Crippen LogP contribution in [0.3, 0.4) is 0 Å². The Morgan fingerprint density at radius 3 is 2.65 bits per heavy atom. The van der Waals surface area contributed by atoms with Crippen LogP contribution in [0.1, 0.15) is 46.8 Å². The van der Waals surface area contributed by atoms with Crippen molar-refractivity contribution in [2.75, 3.05) is 32.1 Å². The lowest BCUT2D eigenvalue weighted by atomic mass is 10.0. The number of hydrogen-bond acceptors (Lipinski definition) is 6. The Labute approximate surface area is 180 Å². The molecule has 0 spiro atoms. The van der Waals surface area contributed by atoms with Crippen molar-refractivity contribution < 1.29 is 14.3 Å². The molecule has 3 aliphatic rings. The normalized spacial score (nSPS) is 20.0. The van der Waals surface area contributed by atoms with Crippen molar-refractivity contribution >= 4 is 23.1 Å². The van der Waals surface area contributed by atoms with E-state index >= 15 is 0 Å². The molecule has 1 atom stereocenters. The Morgan fingerprint density at radius 2 is 1.90 bits per heavy atom. The van der Waals surface area contributed by atoms with E-state index in [4.69, 9.17) is 4.74 Å². The minimum atomic E-state index is -0.418. The van der Waals surface area contributed by atoms with Crippen LogP contribution in [0.2, 0.25) is 0 Å². The molecule has 1 aliphatic carbocycles. The zero-order valence-electron chi connectivity index (χ0n) is 17.4. The van der Waals surface area contributed by atoms with Crippen LogP contribution in [0, 0.1) is 0 Å². The Bertz CT molecular complexity index is 1100. The summed E-state index contributed by atoms with van der Waals surface area (Å²) in [6.45, 7) is 2.24. The molecule has 2 aliphatic heterocycles. The predicted molar refractivity (Wildman–Crippen MR) is 117 cm³/mol. The van der Waals surface area contributed by atoms with Gasteiger partial charge in [-0.05, 0) is 61.8 Å². The van der Waals surface area contributed by atoms with Gasteiger partial charge in [-0.25, -0.2) is 0 Å². The first-order valence-corrected chi connectivity index (χ1v) is 10.6. The summed E-state index contributed by atoms with van der Waals surface area (Å²) in [6.07, 6.45) is 3.48. The van der Waals surface area contributed by atoms with Crippen LogP contribution in [0.25, 0.3) is 5.70 Å². The number of likely N-dealkylation sites (tertiary alicyclic amines) is 1. The standard InChI is InChI=1S/C24H24N4O3/c1-31-16-10-8-15(9-11-16)22-21-23(27-26-22)17-6-5-7-18(20(17)24(21)30)25-19(29)14-28-12-3-2-4-13-28/h5-11,23H,2-4,12-14H2,1H3,(H,25,29). The van der Waals surface area contributed by atoms with Crippen LogP contribution < -0.4 is 10.1 Å². The lowest BCUT2D eigenvalue weighted by Crippen LogP contribution is -2.37. The summed E-state index contributed by atoms with van der Waals surface area (Å²) in [5, 5.41) is 11.7. The Balaban J connectivity index is 1.42. The number of fused-ring (bicyclic) bond motifs is 3. The average molecular weight is 416 g/mol. The van der Waals surface area contributed by atoms with Crippen molar-refractivity contribution in [1.82, 2.24) is 4.90 Å². The maximum absolute atomic E-state index is 13.4. The highest BCUT2D eigenvalue weighted by Gasteiger charge is 2.42. The zero-order chi connectivity index (χ0) is 21.4. The van der Waals surface area contributed by atoms with Crippen molar-refractivity contribution in [3.63, 3.8) is 0 Å². The summed E-state index contributed by atoms with van der Waals surface area (Å²) in [7, 11) is 1.61. The molecule has 158 valence electrons. The summed E-state index contributed by atoms with van der Waals surface area (Å²) in [6, 6.07) is 12.5. The van der Waals surface area contributed by atoms with Crippen molar-refractivity contribution in [2.24, 2.45) is 10.2 Å². The number of Topliss-reactive ketones (excluding diaryl/α,β-unsaturated/α-hetero) is 1. The molecule has 2 aromatic carbocycles. The highest BCUT2D eigenvalue weighted by molar-refractivity contribution is 6.22. The van der Waals surface area contributed by atoms with Gasteiger partial charge in [-0.15, -0.1) is 0 Å². The fraction of sp³-hybridized carbons (Fsp3) is 0.333. The maximum Gasteiger partial charge on any atom is 0.238 e. The number of nitrogens with one attached hydrogen (secondary N) is 1. The van der Waals surface area contributed by atoms with Crippen LogP contribution in [0.4, 0.5) is 5.69 Å². The Kier molecular flexibility index (Phi) is 5.11. The third-order valence-electron chi connectivity index (χ3n) is 6.12. The highest BCUT2D eigenvalue weighted by Crippen LogP contribution is 2.49. The summed E-state index contributed by atoms with van der Waals surface area (Å²) >= 11 is 0. The number of ether oxygens (including phenoxy) is 1. The quantitative estimate of drug-likeness (QED) is 0.790. The van der Waals surface area contributed by atoms with Gasteiger partial charge in [0.1, 0.15) is 17.5 Å². The lowest BCUT2D eigenvalue weighted by Gasteiger charge is -2.25. The van der Waals surface area contributed by atoms with Crippen LogP contribution in [0.15, 0.2) is 58.3 Å². The number of benzene rings is 2. The molecule has 0 aromatic heterocycles. The third kappa shape index (κ3) is 3.55. The van der Waals surface area contributed by atoms with E-state index in [2.05, 4.69) is 20.4 Å². The number of methoxy groups -OCH3 is 1. The SMILES string of the molecule is COc1ccc(C2=C3C(=O)c4c(NC(=O)CN5CCCCC5)cccc4C3N=N2)cc1. The number of rotatable bonds is 5. The summed E-state index contributed by atoms with van der Waals surface area (Å²) < 4.78 is 5.22. The van der Waals surface area contributed by atoms with Crippen LogP contribution in [-0.2, 0) is 4.79 Å². The highest BCUT2D eigenvalue weighted by atomic mass is 16.5. The van der Waals surface area contributed by atoms with Gasteiger partial charge in [-0.3, -0.25) is 14.5 Å². The predicted octanol–water partition coefficient (Wildman–Crippen LogP) is 4.23. The number of anilines is 1. The molecule has 0 radical (unpaired) electrons. The molecule has 2 aromatic rings. The van der Waals surface area contributed by atoms with Crippen LogP contribution >= 0.6 is 0 Å². The summed E-state index contributed by atoms with van der Waals surface area (Å²) in [4.78, 5) is 28.2. The van der Waals surface area contributed by atoms with Gasteiger partial charge in [0.15, 0.2) is 5.78 Å². The largest absolute Gasteiger partial charge is 0.497 e. The first-order chi connectivity index (χ1) is 15.2. The number of nitrogens with zero attached hydrogens (tertiary/aromatic N) is 3. The second-order valence-electron chi connectivity index (χ2n) is 8.09. The third-order valence-corrected chi connectivity index (χ3v) is 6.12. The van der Waals surface area contributed by atoms with Crippen molar-refractivity contribution in [2.45, 2.75) is 25.3 Å². The van der Waals surface area contributed by atoms with Crippen LogP contribution in [0.5, 0.6) is 5.75 Å². The molecule has 1 unspecified atom stereocenters. The van der Waals surface area contributed by atoms with Gasteiger partial charge in [0.2, 0.25) is 5.91 Å². The van der Waals surface area contributed by atoms with E-state index in [0.717, 1.165) is 42.8 Å².